The van der Waals surface area contributed by atoms with Crippen molar-refractivity contribution < 1.29 is 33.9 Å². The predicted octanol–water partition coefficient (Wildman–Crippen LogP) is -2.09. The molecule has 1 N–H and O–H groups in total. The number of carboxylic acid groups (broad SMARTS) is 1. The predicted molar refractivity (Wildman–Crippen MR) is 49.9 cm³/mol. The van der Waals surface area contributed by atoms with Crippen LogP contribution >= 0.6 is 0 Å². The smallest absolute Gasteiger partial charge is 0.545 e. The van der Waals surface area contributed by atoms with E-state index < -0.39 is 5.97 Å². The topological polar surface area (TPSA) is 60.4 Å². The van der Waals surface area contributed by atoms with Crippen LogP contribution in [0.2, 0.25) is 0 Å². The minimum absolute atomic E-state index is 0. The van der Waals surface area contributed by atoms with E-state index in [9.17, 15) is 15.0 Å². The quantitative estimate of drug-likeness (QED) is 0.530. The SMILES string of the molecule is O=C([O-])c1ccc2cc(O)ccc2c1.[Li+]. The Balaban J connectivity index is 0.00000112. The molecule has 15 heavy (non-hydrogen) atoms. The van der Waals surface area contributed by atoms with Crippen LogP contribution in [0, 0.1) is 0 Å². The van der Waals surface area contributed by atoms with Crippen molar-refractivity contribution in [3.05, 3.63) is 42.0 Å². The monoisotopic (exact) mass is 194 g/mol. The summed E-state index contributed by atoms with van der Waals surface area (Å²) >= 11 is 0. The van der Waals surface area contributed by atoms with Gasteiger partial charge in [0.25, 0.3) is 0 Å². The van der Waals surface area contributed by atoms with E-state index >= 15 is 0 Å². The molecule has 0 fully saturated rings. The molecule has 2 aromatic rings. The van der Waals surface area contributed by atoms with Crippen molar-refractivity contribution in [3.8, 4) is 5.75 Å². The van der Waals surface area contributed by atoms with Crippen molar-refractivity contribution >= 4 is 16.7 Å². The van der Waals surface area contributed by atoms with E-state index in [1.54, 1.807) is 18.2 Å². The Bertz CT molecular complexity index is 508. The number of hydrogen-bond donors (Lipinski definition) is 1. The van der Waals surface area contributed by atoms with E-state index in [4.69, 9.17) is 0 Å². The van der Waals surface area contributed by atoms with Crippen molar-refractivity contribution in [1.82, 2.24) is 0 Å². The molecule has 0 saturated heterocycles. The second-order valence-corrected chi connectivity index (χ2v) is 3.03. The molecule has 0 bridgehead atoms. The number of rotatable bonds is 1. The van der Waals surface area contributed by atoms with Crippen LogP contribution in [0.4, 0.5) is 0 Å². The molecule has 0 aliphatic rings. The van der Waals surface area contributed by atoms with Crippen LogP contribution in [0.1, 0.15) is 10.4 Å². The summed E-state index contributed by atoms with van der Waals surface area (Å²) in [5.74, 6) is -1.03. The molecule has 0 radical (unpaired) electrons. The molecule has 0 aliphatic heterocycles. The zero-order valence-corrected chi connectivity index (χ0v) is 8.23. The third-order valence-corrected chi connectivity index (χ3v) is 2.06. The van der Waals surface area contributed by atoms with Crippen LogP contribution < -0.4 is 24.0 Å². The number of benzene rings is 2. The molecule has 0 aromatic heterocycles. The number of phenolic OH excluding ortho intramolecular Hbond substituents is 1. The third-order valence-electron chi connectivity index (χ3n) is 2.06. The summed E-state index contributed by atoms with van der Waals surface area (Å²) in [6, 6.07) is 9.37. The largest absolute Gasteiger partial charge is 1.00 e. The van der Waals surface area contributed by atoms with Crippen molar-refractivity contribution in [2.24, 2.45) is 0 Å². The second-order valence-electron chi connectivity index (χ2n) is 3.03. The Labute approximate surface area is 98.5 Å². The van der Waals surface area contributed by atoms with Crippen molar-refractivity contribution in [3.63, 3.8) is 0 Å². The first-order valence-corrected chi connectivity index (χ1v) is 4.11. The standard InChI is InChI=1S/C11H8O3.Li/c12-10-4-3-7-5-9(11(13)14)2-1-8(7)6-10;/h1-6,12H,(H,13,14);/q;+1/p-1. The van der Waals surface area contributed by atoms with Gasteiger partial charge in [-0.05, 0) is 34.5 Å². The molecule has 0 amide bonds. The molecule has 0 heterocycles. The minimum atomic E-state index is -1.19. The normalized spacial score (nSPS) is 9.60. The number of carboxylic acids is 1. The Morgan fingerprint density at radius 3 is 2.33 bits per heavy atom. The fourth-order valence-electron chi connectivity index (χ4n) is 1.36. The summed E-state index contributed by atoms with van der Waals surface area (Å²) in [6.45, 7) is 0. The van der Waals surface area contributed by atoms with Crippen LogP contribution in [0.25, 0.3) is 10.8 Å². The molecule has 0 atom stereocenters. The maximum atomic E-state index is 10.6. The number of phenols is 1. The molecule has 0 saturated carbocycles. The minimum Gasteiger partial charge on any atom is -0.545 e. The van der Waals surface area contributed by atoms with Gasteiger partial charge in [0.1, 0.15) is 5.75 Å². The van der Waals surface area contributed by atoms with Gasteiger partial charge in [0, 0.05) is 0 Å². The molecule has 3 nitrogen and oxygen atoms in total. The number of aromatic carboxylic acids is 1. The maximum absolute atomic E-state index is 10.6. The zero-order chi connectivity index (χ0) is 10.1. The molecule has 4 heteroatoms. The van der Waals surface area contributed by atoms with Gasteiger partial charge < -0.3 is 15.0 Å². The summed E-state index contributed by atoms with van der Waals surface area (Å²) < 4.78 is 0. The summed E-state index contributed by atoms with van der Waals surface area (Å²) in [7, 11) is 0. The average molecular weight is 194 g/mol. The summed E-state index contributed by atoms with van der Waals surface area (Å²) in [5, 5.41) is 21.3. The Morgan fingerprint density at radius 2 is 1.67 bits per heavy atom. The van der Waals surface area contributed by atoms with Crippen molar-refractivity contribution in [2.45, 2.75) is 0 Å². The number of fused-ring (bicyclic) bond motifs is 1. The van der Waals surface area contributed by atoms with E-state index in [0.29, 0.717) is 0 Å². The number of hydrogen-bond acceptors (Lipinski definition) is 3. The molecule has 2 aromatic carbocycles. The van der Waals surface area contributed by atoms with Gasteiger partial charge in [-0.15, -0.1) is 0 Å². The van der Waals surface area contributed by atoms with Gasteiger partial charge in [-0.25, -0.2) is 0 Å². The van der Waals surface area contributed by atoms with Crippen LogP contribution in [-0.4, -0.2) is 11.1 Å². The van der Waals surface area contributed by atoms with E-state index in [-0.39, 0.29) is 30.2 Å². The molecule has 0 spiro atoms. The Hall–Kier alpha value is -1.43. The number of carbonyl (C=O) groups is 1. The summed E-state index contributed by atoms with van der Waals surface area (Å²) in [6.07, 6.45) is 0. The molecular weight excluding hydrogens is 187 g/mol. The van der Waals surface area contributed by atoms with Crippen LogP contribution in [0.3, 0.4) is 0 Å². The van der Waals surface area contributed by atoms with Gasteiger partial charge in [0.15, 0.2) is 0 Å². The van der Waals surface area contributed by atoms with Crippen molar-refractivity contribution in [2.75, 3.05) is 0 Å². The first-order chi connectivity index (χ1) is 6.66. The fourth-order valence-corrected chi connectivity index (χ4v) is 1.36. The Morgan fingerprint density at radius 1 is 1.07 bits per heavy atom. The van der Waals surface area contributed by atoms with Gasteiger partial charge in [0.05, 0.1) is 5.97 Å². The van der Waals surface area contributed by atoms with E-state index in [1.807, 2.05) is 0 Å². The van der Waals surface area contributed by atoms with Gasteiger partial charge in [-0.2, -0.15) is 0 Å². The average Bonchev–Trinajstić information content (AvgIpc) is 2.16. The summed E-state index contributed by atoms with van der Waals surface area (Å²) in [5.41, 5.74) is 0.142. The van der Waals surface area contributed by atoms with E-state index in [2.05, 4.69) is 0 Å². The van der Waals surface area contributed by atoms with Crippen LogP contribution in [0.15, 0.2) is 36.4 Å². The van der Waals surface area contributed by atoms with E-state index in [1.165, 1.54) is 18.2 Å². The second kappa shape index (κ2) is 4.39. The van der Waals surface area contributed by atoms with Gasteiger partial charge >= 0.3 is 18.9 Å². The number of aromatic hydroxyl groups is 1. The van der Waals surface area contributed by atoms with Gasteiger partial charge in [-0.1, -0.05) is 18.2 Å². The van der Waals surface area contributed by atoms with E-state index in [0.717, 1.165) is 10.8 Å². The third kappa shape index (κ3) is 2.33. The summed E-state index contributed by atoms with van der Waals surface area (Å²) in [4.78, 5) is 10.6. The molecule has 70 valence electrons. The molecule has 2 rings (SSSR count). The molecule has 0 unspecified atom stereocenters. The number of carbonyl (C=O) groups excluding carboxylic acids is 1. The first-order valence-electron chi connectivity index (χ1n) is 4.11. The van der Waals surface area contributed by atoms with Gasteiger partial charge in [0.2, 0.25) is 0 Å². The van der Waals surface area contributed by atoms with Gasteiger partial charge in [-0.3, -0.25) is 0 Å². The Kier molecular flexibility index (Phi) is 3.41. The van der Waals surface area contributed by atoms with Crippen LogP contribution in [0.5, 0.6) is 5.75 Å². The molecular formula is C11H7LiO3. The van der Waals surface area contributed by atoms with Crippen molar-refractivity contribution in [1.29, 1.82) is 0 Å². The first kappa shape index (κ1) is 11.6. The fraction of sp³-hybridized carbons (Fsp3) is 0. The van der Waals surface area contributed by atoms with Crippen LogP contribution in [-0.2, 0) is 0 Å². The molecule has 0 aliphatic carbocycles. The zero-order valence-electron chi connectivity index (χ0n) is 8.23. The maximum Gasteiger partial charge on any atom is 1.00 e.